The van der Waals surface area contributed by atoms with Gasteiger partial charge in [-0.2, -0.15) is 4.98 Å². The fourth-order valence-corrected chi connectivity index (χ4v) is 3.65. The molecule has 1 aromatic heterocycles. The van der Waals surface area contributed by atoms with Crippen molar-refractivity contribution in [3.05, 3.63) is 41.6 Å². The van der Waals surface area contributed by atoms with Gasteiger partial charge in [-0.05, 0) is 38.0 Å². The molecule has 1 aromatic carbocycles. The summed E-state index contributed by atoms with van der Waals surface area (Å²) in [7, 11) is 1.84. The van der Waals surface area contributed by atoms with Gasteiger partial charge in [0, 0.05) is 57.6 Å². The number of rotatable bonds is 8. The van der Waals surface area contributed by atoms with Crippen molar-refractivity contribution >= 4 is 11.8 Å². The fourth-order valence-electron chi connectivity index (χ4n) is 3.65. The zero-order chi connectivity index (χ0) is 19.9. The van der Waals surface area contributed by atoms with Crippen LogP contribution in [0.15, 0.2) is 30.3 Å². The maximum absolute atomic E-state index is 9.58. The van der Waals surface area contributed by atoms with Crippen LogP contribution in [-0.4, -0.2) is 65.9 Å². The first-order valence-corrected chi connectivity index (χ1v) is 9.98. The summed E-state index contributed by atoms with van der Waals surface area (Å²) < 4.78 is 5.53. The van der Waals surface area contributed by atoms with Gasteiger partial charge in [-0.15, -0.1) is 0 Å². The number of nitrogens with zero attached hydrogens (tertiary/aromatic N) is 4. The first-order valence-electron chi connectivity index (χ1n) is 9.98. The van der Waals surface area contributed by atoms with Crippen LogP contribution in [-0.2, 0) is 6.54 Å². The first kappa shape index (κ1) is 20.4. The Morgan fingerprint density at radius 3 is 2.68 bits per heavy atom. The van der Waals surface area contributed by atoms with Gasteiger partial charge in [0.2, 0.25) is 5.95 Å². The molecule has 2 heterocycles. The first-order chi connectivity index (χ1) is 13.6. The van der Waals surface area contributed by atoms with Crippen molar-refractivity contribution < 1.29 is 9.84 Å². The molecule has 1 aliphatic rings. The highest BCUT2D eigenvalue weighted by atomic mass is 16.5. The van der Waals surface area contributed by atoms with Crippen molar-refractivity contribution in [1.82, 2.24) is 14.9 Å². The molecule has 1 atom stereocenters. The van der Waals surface area contributed by atoms with Crippen LogP contribution in [0.25, 0.3) is 0 Å². The van der Waals surface area contributed by atoms with Gasteiger partial charge in [0.15, 0.2) is 0 Å². The monoisotopic (exact) mass is 385 g/mol. The molecule has 2 aromatic rings. The third kappa shape index (κ3) is 5.11. The van der Waals surface area contributed by atoms with E-state index in [1.165, 1.54) is 5.56 Å². The van der Waals surface area contributed by atoms with Crippen LogP contribution in [0.2, 0.25) is 0 Å². The third-order valence-corrected chi connectivity index (χ3v) is 5.08. The highest BCUT2D eigenvalue weighted by Crippen LogP contribution is 2.23. The van der Waals surface area contributed by atoms with Crippen molar-refractivity contribution in [1.29, 1.82) is 0 Å². The Morgan fingerprint density at radius 1 is 1.21 bits per heavy atom. The van der Waals surface area contributed by atoms with Crippen molar-refractivity contribution in [2.75, 3.05) is 50.1 Å². The largest absolute Gasteiger partial charge is 0.494 e. The second-order valence-electron chi connectivity index (χ2n) is 7.10. The summed E-state index contributed by atoms with van der Waals surface area (Å²) in [6, 6.07) is 10.6. The molecule has 1 saturated heterocycles. The number of benzene rings is 1. The van der Waals surface area contributed by atoms with E-state index in [2.05, 4.69) is 37.2 Å². The van der Waals surface area contributed by atoms with Crippen molar-refractivity contribution in [2.45, 2.75) is 32.9 Å². The van der Waals surface area contributed by atoms with E-state index < -0.39 is 0 Å². The van der Waals surface area contributed by atoms with Crippen LogP contribution in [0, 0.1) is 6.92 Å². The van der Waals surface area contributed by atoms with E-state index in [0.717, 1.165) is 49.9 Å². The molecule has 0 unspecified atom stereocenters. The van der Waals surface area contributed by atoms with E-state index in [0.29, 0.717) is 12.6 Å². The molecule has 0 radical (unpaired) electrons. The molecule has 0 bridgehead atoms. The Morgan fingerprint density at radius 2 is 2.00 bits per heavy atom. The van der Waals surface area contributed by atoms with Gasteiger partial charge in [-0.1, -0.05) is 12.1 Å². The van der Waals surface area contributed by atoms with Crippen LogP contribution in [0.1, 0.15) is 24.6 Å². The molecular formula is C21H31N5O2. The summed E-state index contributed by atoms with van der Waals surface area (Å²) in [5.41, 5.74) is 2.21. The van der Waals surface area contributed by atoms with Gasteiger partial charge < -0.3 is 20.1 Å². The number of aromatic nitrogens is 2. The van der Waals surface area contributed by atoms with Crippen molar-refractivity contribution in [3.63, 3.8) is 0 Å². The number of aliphatic hydroxyl groups is 1. The van der Waals surface area contributed by atoms with E-state index in [9.17, 15) is 5.11 Å². The highest BCUT2D eigenvalue weighted by Gasteiger charge is 2.27. The highest BCUT2D eigenvalue weighted by molar-refractivity contribution is 5.45. The molecular weight excluding hydrogens is 354 g/mol. The number of aryl methyl sites for hydroxylation is 1. The molecule has 28 heavy (non-hydrogen) atoms. The van der Waals surface area contributed by atoms with Crippen LogP contribution in [0.4, 0.5) is 11.8 Å². The molecule has 0 aliphatic carbocycles. The Labute approximate surface area is 167 Å². The minimum Gasteiger partial charge on any atom is -0.494 e. The predicted octanol–water partition coefficient (Wildman–Crippen LogP) is 2.30. The van der Waals surface area contributed by atoms with E-state index >= 15 is 0 Å². The van der Waals surface area contributed by atoms with Crippen molar-refractivity contribution in [2.24, 2.45) is 0 Å². The van der Waals surface area contributed by atoms with Crippen LogP contribution >= 0.6 is 0 Å². The number of nitrogens with one attached hydrogen (secondary N) is 1. The van der Waals surface area contributed by atoms with Crippen LogP contribution in [0.3, 0.4) is 0 Å². The zero-order valence-electron chi connectivity index (χ0n) is 17.1. The second-order valence-corrected chi connectivity index (χ2v) is 7.10. The summed E-state index contributed by atoms with van der Waals surface area (Å²) in [6.07, 6.45) is 0.747. The van der Waals surface area contributed by atoms with Gasteiger partial charge in [0.05, 0.1) is 6.61 Å². The Bertz CT molecular complexity index is 753. The molecule has 7 heteroatoms. The maximum atomic E-state index is 9.58. The quantitative estimate of drug-likeness (QED) is 0.722. The molecule has 0 amide bonds. The van der Waals surface area contributed by atoms with E-state index in [1.807, 2.05) is 39.1 Å². The smallest absolute Gasteiger partial charge is 0.224 e. The molecule has 152 valence electrons. The lowest BCUT2D eigenvalue weighted by atomic mass is 10.1. The maximum Gasteiger partial charge on any atom is 0.224 e. The van der Waals surface area contributed by atoms with Gasteiger partial charge in [0.1, 0.15) is 11.6 Å². The number of anilines is 2. The summed E-state index contributed by atoms with van der Waals surface area (Å²) >= 11 is 0. The SMILES string of the molecule is CCOc1ccc(CN2CCN(c3cc(C)nc(NC)n3)C[C@H]2CCO)cc1. The topological polar surface area (TPSA) is 73.8 Å². The normalized spacial score (nSPS) is 17.6. The molecule has 1 fully saturated rings. The number of hydrogen-bond donors (Lipinski definition) is 2. The standard InChI is InChI=1S/C21H31N5O2/c1-4-28-19-7-5-17(6-8-19)14-25-10-11-26(15-18(25)9-12-27)20-13-16(2)23-21(22-3)24-20/h5-8,13,18,27H,4,9-12,14-15H2,1-3H3,(H,22,23,24)/t18-/m1/s1. The lowest BCUT2D eigenvalue weighted by Crippen LogP contribution is -2.53. The van der Waals surface area contributed by atoms with Gasteiger partial charge in [0.25, 0.3) is 0 Å². The van der Waals surface area contributed by atoms with E-state index in [1.54, 1.807) is 0 Å². The van der Waals surface area contributed by atoms with Crippen LogP contribution < -0.4 is 15.0 Å². The second kappa shape index (κ2) is 9.71. The Kier molecular flexibility index (Phi) is 7.06. The van der Waals surface area contributed by atoms with Crippen LogP contribution in [0.5, 0.6) is 5.75 Å². The summed E-state index contributed by atoms with van der Waals surface area (Å²) in [5, 5.41) is 12.6. The molecule has 3 rings (SSSR count). The summed E-state index contributed by atoms with van der Waals surface area (Å²) in [6.45, 7) is 8.38. The summed E-state index contributed by atoms with van der Waals surface area (Å²) in [4.78, 5) is 13.7. The number of ether oxygens (including phenoxy) is 1. The average Bonchev–Trinajstić information content (AvgIpc) is 2.70. The van der Waals surface area contributed by atoms with Gasteiger partial charge >= 0.3 is 0 Å². The van der Waals surface area contributed by atoms with E-state index in [-0.39, 0.29) is 12.6 Å². The number of aliphatic hydroxyl groups excluding tert-OH is 1. The molecule has 1 aliphatic heterocycles. The molecule has 7 nitrogen and oxygen atoms in total. The minimum absolute atomic E-state index is 0.183. The lowest BCUT2D eigenvalue weighted by molar-refractivity contribution is 0.135. The zero-order valence-corrected chi connectivity index (χ0v) is 17.1. The molecule has 0 saturated carbocycles. The average molecular weight is 386 g/mol. The molecule has 2 N–H and O–H groups in total. The van der Waals surface area contributed by atoms with Gasteiger partial charge in [-0.3, -0.25) is 4.90 Å². The van der Waals surface area contributed by atoms with E-state index in [4.69, 9.17) is 4.74 Å². The molecule has 0 spiro atoms. The number of piperazine rings is 1. The van der Waals surface area contributed by atoms with Crippen molar-refractivity contribution in [3.8, 4) is 5.75 Å². The predicted molar refractivity (Wildman–Crippen MR) is 112 cm³/mol. The minimum atomic E-state index is 0.183. The fraction of sp³-hybridized carbons (Fsp3) is 0.524. The summed E-state index contributed by atoms with van der Waals surface area (Å²) in [5.74, 6) is 2.49. The lowest BCUT2D eigenvalue weighted by Gasteiger charge is -2.42. The Balaban J connectivity index is 1.69. The number of hydrogen-bond acceptors (Lipinski definition) is 7. The Hall–Kier alpha value is -2.38. The third-order valence-electron chi connectivity index (χ3n) is 5.08. The van der Waals surface area contributed by atoms with Gasteiger partial charge in [-0.25, -0.2) is 4.98 Å².